The lowest BCUT2D eigenvalue weighted by Gasteiger charge is -2.36. The molecule has 1 aromatic carbocycles. The molecule has 2 N–H and O–H groups in total. The molecule has 2 fully saturated rings. The number of hydrogen-bond acceptors (Lipinski definition) is 7. The first-order valence-corrected chi connectivity index (χ1v) is 15.3. The molecule has 0 amide bonds. The van der Waals surface area contributed by atoms with Crippen molar-refractivity contribution in [2.45, 2.75) is 121 Å². The Morgan fingerprint density at radius 2 is 1.46 bits per heavy atom. The van der Waals surface area contributed by atoms with Gasteiger partial charge in [0.2, 0.25) is 0 Å². The Labute approximate surface area is 223 Å². The van der Waals surface area contributed by atoms with Crippen LogP contribution in [0.25, 0.3) is 0 Å². The average Bonchev–Trinajstić information content (AvgIpc) is 3.07. The van der Waals surface area contributed by atoms with Crippen molar-refractivity contribution < 1.29 is 31.8 Å². The molecule has 9 heteroatoms. The fourth-order valence-electron chi connectivity index (χ4n) is 5.21. The van der Waals surface area contributed by atoms with E-state index in [2.05, 4.69) is 23.1 Å². The van der Waals surface area contributed by atoms with Gasteiger partial charge in [-0.2, -0.15) is 8.42 Å². The van der Waals surface area contributed by atoms with Crippen molar-refractivity contribution in [1.82, 2.24) is 4.90 Å². The van der Waals surface area contributed by atoms with Gasteiger partial charge in [0.25, 0.3) is 0 Å². The second-order valence-electron chi connectivity index (χ2n) is 10.3. The van der Waals surface area contributed by atoms with Gasteiger partial charge in [-0.15, -0.1) is 0 Å². The molecule has 4 atom stereocenters. The molecular weight excluding hydrogens is 494 g/mol. The van der Waals surface area contributed by atoms with Crippen molar-refractivity contribution in [3.05, 3.63) is 35.9 Å². The average molecular weight is 542 g/mol. The Morgan fingerprint density at radius 1 is 0.946 bits per heavy atom. The predicted octanol–water partition coefficient (Wildman–Crippen LogP) is 5.62. The third kappa shape index (κ3) is 12.7. The van der Waals surface area contributed by atoms with Crippen molar-refractivity contribution in [2.24, 2.45) is 0 Å². The summed E-state index contributed by atoms with van der Waals surface area (Å²) in [6.45, 7) is 2.31. The van der Waals surface area contributed by atoms with Crippen LogP contribution in [0.5, 0.6) is 0 Å². The Kier molecular flexibility index (Phi) is 14.7. The number of nitrogens with zero attached hydrogens (tertiary/aromatic N) is 1. The Morgan fingerprint density at radius 3 is 1.97 bits per heavy atom. The first kappa shape index (κ1) is 31.7. The summed E-state index contributed by atoms with van der Waals surface area (Å²) >= 11 is 0. The molecule has 2 aliphatic rings. The quantitative estimate of drug-likeness (QED) is 0.167. The second kappa shape index (κ2) is 17.1. The maximum Gasteiger partial charge on any atom is 0.397 e. The molecule has 2 unspecified atom stereocenters. The molecule has 0 spiro atoms. The fourth-order valence-corrected chi connectivity index (χ4v) is 5.54. The van der Waals surface area contributed by atoms with Crippen LogP contribution in [0.15, 0.2) is 30.3 Å². The molecule has 2 heterocycles. The number of unbranched alkanes of at least 4 members (excludes halogenated alkanes) is 9. The molecule has 1 aromatic rings. The van der Waals surface area contributed by atoms with Crippen LogP contribution in [-0.4, -0.2) is 60.8 Å². The zero-order valence-electron chi connectivity index (χ0n) is 22.6. The van der Waals surface area contributed by atoms with Crippen LogP contribution in [0, 0.1) is 0 Å². The number of carbonyl (C=O) groups excluding carboxylic acids is 1. The molecule has 0 aromatic heterocycles. The van der Waals surface area contributed by atoms with E-state index in [0.29, 0.717) is 24.1 Å². The van der Waals surface area contributed by atoms with Crippen molar-refractivity contribution >= 4 is 16.4 Å². The summed E-state index contributed by atoms with van der Waals surface area (Å²) in [7, 11) is -2.08. The predicted molar refractivity (Wildman–Crippen MR) is 144 cm³/mol. The number of aliphatic hydroxyl groups is 1. The number of piperidine rings is 1. The second-order valence-corrected chi connectivity index (χ2v) is 11.4. The molecular formula is C28H47NO7S. The minimum Gasteiger partial charge on any atom is -0.460 e. The summed E-state index contributed by atoms with van der Waals surface area (Å²) in [4.78, 5) is 14.4. The van der Waals surface area contributed by atoms with Gasteiger partial charge in [-0.3, -0.25) is 4.55 Å². The third-order valence-electron chi connectivity index (χ3n) is 7.41. The maximum atomic E-state index is 12.0. The summed E-state index contributed by atoms with van der Waals surface area (Å²) < 4.78 is 38.5. The van der Waals surface area contributed by atoms with Gasteiger partial charge >= 0.3 is 16.4 Å². The molecule has 2 saturated heterocycles. The number of fused-ring (bicyclic) bond motifs is 2. The molecule has 212 valence electrons. The highest BCUT2D eigenvalue weighted by molar-refractivity contribution is 7.80. The van der Waals surface area contributed by atoms with E-state index in [9.17, 15) is 18.3 Å². The minimum absolute atomic E-state index is 0.0467. The van der Waals surface area contributed by atoms with Gasteiger partial charge in [-0.1, -0.05) is 95.0 Å². The fraction of sp³-hybridized carbons (Fsp3) is 0.750. The van der Waals surface area contributed by atoms with Crippen LogP contribution in [0.1, 0.15) is 108 Å². The van der Waals surface area contributed by atoms with Crippen LogP contribution in [0.3, 0.4) is 0 Å². The van der Waals surface area contributed by atoms with E-state index in [-0.39, 0.29) is 12.7 Å². The van der Waals surface area contributed by atoms with Gasteiger partial charge < -0.3 is 14.7 Å². The highest BCUT2D eigenvalue weighted by Crippen LogP contribution is 2.35. The lowest BCUT2D eigenvalue weighted by atomic mass is 10.0. The van der Waals surface area contributed by atoms with Crippen molar-refractivity contribution in [3.63, 3.8) is 0 Å². The normalized spacial score (nSPS) is 22.2. The molecule has 37 heavy (non-hydrogen) atoms. The van der Waals surface area contributed by atoms with E-state index in [4.69, 9.17) is 9.29 Å². The van der Waals surface area contributed by atoms with Crippen molar-refractivity contribution in [1.29, 1.82) is 0 Å². The summed E-state index contributed by atoms with van der Waals surface area (Å²) in [5.74, 6) is -0.523. The summed E-state index contributed by atoms with van der Waals surface area (Å²) in [5.41, 5.74) is 0.591. The van der Waals surface area contributed by atoms with Crippen molar-refractivity contribution in [2.75, 3.05) is 13.7 Å². The molecule has 0 saturated carbocycles. The summed E-state index contributed by atoms with van der Waals surface area (Å²) in [6.07, 6.45) is 14.8. The maximum absolute atomic E-state index is 12.0. The minimum atomic E-state index is -4.23. The molecule has 3 rings (SSSR count). The zero-order valence-corrected chi connectivity index (χ0v) is 23.4. The number of benzene rings is 1. The van der Waals surface area contributed by atoms with E-state index >= 15 is 0 Å². The number of esters is 1. The summed E-state index contributed by atoms with van der Waals surface area (Å²) in [5, 5.41) is 10.0. The number of carbonyl (C=O) groups is 1. The van der Waals surface area contributed by atoms with Gasteiger partial charge in [-0.05, 0) is 44.7 Å². The van der Waals surface area contributed by atoms with Crippen molar-refractivity contribution in [3.8, 4) is 0 Å². The lowest BCUT2D eigenvalue weighted by Crippen LogP contribution is -2.43. The van der Waals surface area contributed by atoms with Gasteiger partial charge in [0.05, 0.1) is 6.61 Å². The Hall–Kier alpha value is -1.52. The van der Waals surface area contributed by atoms with Crippen LogP contribution in [0.4, 0.5) is 0 Å². The van der Waals surface area contributed by atoms with Gasteiger partial charge in [-0.25, -0.2) is 8.98 Å². The first-order chi connectivity index (χ1) is 17.7. The standard InChI is InChI=1S/C16H21NO3.C12H26O4S/c1-17-12-7-8-13(17)10-14(9-12)20-16(19)15(18)11-5-3-2-4-6-11;1-2-3-4-5-6-7-8-9-10-11-12-16-17(13,14)15/h2-6,12-15,18H,7-10H2,1H3;2-12H2,1H3,(H,13,14,15)/t12-,13+,14?,15?;. The highest BCUT2D eigenvalue weighted by atomic mass is 32.3. The number of rotatable bonds is 15. The van der Waals surface area contributed by atoms with Crippen LogP contribution >= 0.6 is 0 Å². The monoisotopic (exact) mass is 541 g/mol. The smallest absolute Gasteiger partial charge is 0.397 e. The van der Waals surface area contributed by atoms with E-state index in [1.165, 1.54) is 57.8 Å². The third-order valence-corrected chi connectivity index (χ3v) is 7.87. The van der Waals surface area contributed by atoms with Gasteiger partial charge in [0.15, 0.2) is 6.10 Å². The largest absolute Gasteiger partial charge is 0.460 e. The van der Waals surface area contributed by atoms with Gasteiger partial charge in [0.1, 0.15) is 6.10 Å². The van der Waals surface area contributed by atoms with E-state index in [1.54, 1.807) is 12.1 Å². The number of aliphatic hydroxyl groups excluding tert-OH is 1. The number of ether oxygens (including phenoxy) is 1. The molecule has 2 aliphatic heterocycles. The first-order valence-electron chi connectivity index (χ1n) is 14.0. The van der Waals surface area contributed by atoms with E-state index < -0.39 is 22.5 Å². The summed E-state index contributed by atoms with van der Waals surface area (Å²) in [6, 6.07) is 10.0. The molecule has 8 nitrogen and oxygen atoms in total. The van der Waals surface area contributed by atoms with Crippen LogP contribution in [0.2, 0.25) is 0 Å². The van der Waals surface area contributed by atoms with E-state index in [0.717, 1.165) is 25.7 Å². The zero-order chi connectivity index (χ0) is 27.1. The Balaban J connectivity index is 0.000000265. The lowest BCUT2D eigenvalue weighted by molar-refractivity contribution is -0.162. The Bertz CT molecular complexity index is 851. The van der Waals surface area contributed by atoms with Crippen LogP contribution < -0.4 is 0 Å². The van der Waals surface area contributed by atoms with Gasteiger partial charge in [0, 0.05) is 12.1 Å². The van der Waals surface area contributed by atoms with Crippen LogP contribution in [-0.2, 0) is 24.1 Å². The number of hydrogen-bond donors (Lipinski definition) is 2. The molecule has 0 radical (unpaired) electrons. The molecule has 0 aliphatic carbocycles. The highest BCUT2D eigenvalue weighted by Gasteiger charge is 2.40. The topological polar surface area (TPSA) is 113 Å². The molecule has 2 bridgehead atoms. The van der Waals surface area contributed by atoms with E-state index in [1.807, 2.05) is 18.2 Å². The SMILES string of the molecule is CCCCCCCCCCCCOS(=O)(=O)O.CN1[C@@H]2CC[C@H]1CC(OC(=O)C(O)c1ccccc1)C2.